The van der Waals surface area contributed by atoms with Gasteiger partial charge in [-0.2, -0.15) is 0 Å². The lowest BCUT2D eigenvalue weighted by Gasteiger charge is -2.28. The first-order valence-corrected chi connectivity index (χ1v) is 6.12. The minimum Gasteiger partial charge on any atom is -0.385 e. The van der Waals surface area contributed by atoms with Crippen LogP contribution in [-0.2, 0) is 5.60 Å². The Morgan fingerprint density at radius 2 is 1.93 bits per heavy atom. The van der Waals surface area contributed by atoms with Gasteiger partial charge in [-0.05, 0) is 24.3 Å². The lowest BCUT2D eigenvalue weighted by atomic mass is 9.86. The molecule has 2 rings (SSSR count). The molecule has 15 heavy (non-hydrogen) atoms. The van der Waals surface area contributed by atoms with E-state index >= 15 is 0 Å². The van der Waals surface area contributed by atoms with Crippen LogP contribution in [0.3, 0.4) is 0 Å². The summed E-state index contributed by atoms with van der Waals surface area (Å²) in [5, 5.41) is 10.6. The fraction of sp³-hybridized carbons (Fsp3) is 0.538. The van der Waals surface area contributed by atoms with Crippen molar-refractivity contribution < 1.29 is 5.11 Å². The normalized spacial score (nSPS) is 19.9. The van der Waals surface area contributed by atoms with E-state index in [2.05, 4.69) is 0 Å². The summed E-state index contributed by atoms with van der Waals surface area (Å²) in [6, 6.07) is 9.91. The fourth-order valence-corrected chi connectivity index (χ4v) is 2.38. The highest BCUT2D eigenvalue weighted by Gasteiger charge is 2.35. The standard InChI is InChI=1S/C13H17ClO/c14-9-8-13(15,10-11-6-7-11)12-4-2-1-3-5-12/h1-5,11,15H,6-10H2. The van der Waals surface area contributed by atoms with Gasteiger partial charge < -0.3 is 5.11 Å². The van der Waals surface area contributed by atoms with Gasteiger partial charge >= 0.3 is 0 Å². The number of halogens is 1. The van der Waals surface area contributed by atoms with E-state index in [0.717, 1.165) is 12.0 Å². The average Bonchev–Trinajstić information content (AvgIpc) is 3.03. The Bertz CT molecular complexity index is 308. The summed E-state index contributed by atoms with van der Waals surface area (Å²) in [4.78, 5) is 0. The molecular weight excluding hydrogens is 208 g/mol. The van der Waals surface area contributed by atoms with Crippen molar-refractivity contribution in [2.45, 2.75) is 31.3 Å². The molecule has 2 heteroatoms. The first-order valence-electron chi connectivity index (χ1n) is 5.58. The first-order chi connectivity index (χ1) is 7.24. The van der Waals surface area contributed by atoms with E-state index in [1.54, 1.807) is 0 Å². The lowest BCUT2D eigenvalue weighted by Crippen LogP contribution is -2.27. The minimum atomic E-state index is -0.704. The van der Waals surface area contributed by atoms with Crippen molar-refractivity contribution in [3.8, 4) is 0 Å². The van der Waals surface area contributed by atoms with Crippen molar-refractivity contribution in [3.63, 3.8) is 0 Å². The molecule has 82 valence electrons. The SMILES string of the molecule is OC(CCCl)(CC1CC1)c1ccccc1. The van der Waals surface area contributed by atoms with Crippen LogP contribution in [0.25, 0.3) is 0 Å². The topological polar surface area (TPSA) is 20.2 Å². The zero-order chi connectivity index (χ0) is 10.7. The molecule has 1 nitrogen and oxygen atoms in total. The van der Waals surface area contributed by atoms with Gasteiger partial charge in [0.25, 0.3) is 0 Å². The molecule has 1 aliphatic rings. The molecule has 1 aromatic rings. The summed E-state index contributed by atoms with van der Waals surface area (Å²) < 4.78 is 0. The Morgan fingerprint density at radius 3 is 2.47 bits per heavy atom. The molecule has 0 aliphatic heterocycles. The Labute approximate surface area is 96.1 Å². The van der Waals surface area contributed by atoms with Gasteiger partial charge in [0.05, 0.1) is 5.60 Å². The quantitative estimate of drug-likeness (QED) is 0.761. The Hall–Kier alpha value is -0.530. The van der Waals surface area contributed by atoms with Crippen molar-refractivity contribution in [1.29, 1.82) is 0 Å². The van der Waals surface area contributed by atoms with Gasteiger partial charge in [-0.1, -0.05) is 43.2 Å². The van der Waals surface area contributed by atoms with Crippen molar-refractivity contribution in [3.05, 3.63) is 35.9 Å². The molecule has 1 N–H and O–H groups in total. The number of hydrogen-bond acceptors (Lipinski definition) is 1. The van der Waals surface area contributed by atoms with E-state index in [-0.39, 0.29) is 0 Å². The highest BCUT2D eigenvalue weighted by atomic mass is 35.5. The predicted molar refractivity (Wildman–Crippen MR) is 63.0 cm³/mol. The maximum absolute atomic E-state index is 10.6. The number of hydrogen-bond donors (Lipinski definition) is 1. The fourth-order valence-electron chi connectivity index (χ4n) is 2.07. The van der Waals surface area contributed by atoms with E-state index in [4.69, 9.17) is 11.6 Å². The molecule has 1 unspecified atom stereocenters. The van der Waals surface area contributed by atoms with Crippen LogP contribution >= 0.6 is 11.6 Å². The third kappa shape index (κ3) is 2.73. The summed E-state index contributed by atoms with van der Waals surface area (Å²) in [6.07, 6.45) is 4.04. The van der Waals surface area contributed by atoms with E-state index in [1.807, 2.05) is 30.3 Å². The lowest BCUT2D eigenvalue weighted by molar-refractivity contribution is 0.0186. The van der Waals surface area contributed by atoms with Gasteiger partial charge in [0.15, 0.2) is 0 Å². The summed E-state index contributed by atoms with van der Waals surface area (Å²) in [5.74, 6) is 1.22. The van der Waals surface area contributed by atoms with Crippen molar-refractivity contribution in [2.75, 3.05) is 5.88 Å². The second kappa shape index (κ2) is 4.54. The molecule has 0 amide bonds. The van der Waals surface area contributed by atoms with Crippen molar-refractivity contribution >= 4 is 11.6 Å². The van der Waals surface area contributed by atoms with E-state index in [1.165, 1.54) is 12.8 Å². The Morgan fingerprint density at radius 1 is 1.27 bits per heavy atom. The molecule has 1 saturated carbocycles. The third-order valence-electron chi connectivity index (χ3n) is 3.14. The molecule has 1 aliphatic carbocycles. The molecule has 1 aromatic carbocycles. The van der Waals surface area contributed by atoms with Crippen LogP contribution in [0.15, 0.2) is 30.3 Å². The molecule has 0 heterocycles. The Balaban J connectivity index is 2.16. The van der Waals surface area contributed by atoms with Gasteiger partial charge in [0.1, 0.15) is 0 Å². The van der Waals surface area contributed by atoms with E-state index < -0.39 is 5.60 Å². The van der Waals surface area contributed by atoms with Gasteiger partial charge in [-0.25, -0.2) is 0 Å². The van der Waals surface area contributed by atoms with Crippen LogP contribution in [0, 0.1) is 5.92 Å². The molecule has 0 radical (unpaired) electrons. The van der Waals surface area contributed by atoms with Gasteiger partial charge in [0, 0.05) is 5.88 Å². The number of aliphatic hydroxyl groups is 1. The molecule has 0 bridgehead atoms. The predicted octanol–water partition coefficient (Wildman–Crippen LogP) is 3.30. The maximum atomic E-state index is 10.6. The highest BCUT2D eigenvalue weighted by Crippen LogP contribution is 2.42. The van der Waals surface area contributed by atoms with Gasteiger partial charge in [0.2, 0.25) is 0 Å². The summed E-state index contributed by atoms with van der Waals surface area (Å²) >= 11 is 5.78. The van der Waals surface area contributed by atoms with Crippen LogP contribution in [0.5, 0.6) is 0 Å². The van der Waals surface area contributed by atoms with Crippen LogP contribution in [0.4, 0.5) is 0 Å². The number of alkyl halides is 1. The highest BCUT2D eigenvalue weighted by molar-refractivity contribution is 6.17. The monoisotopic (exact) mass is 224 g/mol. The molecule has 0 saturated heterocycles. The van der Waals surface area contributed by atoms with Crippen LogP contribution in [-0.4, -0.2) is 11.0 Å². The van der Waals surface area contributed by atoms with Crippen molar-refractivity contribution in [1.82, 2.24) is 0 Å². The zero-order valence-corrected chi connectivity index (χ0v) is 9.58. The maximum Gasteiger partial charge on any atom is 0.0910 e. The zero-order valence-electron chi connectivity index (χ0n) is 8.82. The number of benzene rings is 1. The molecule has 1 atom stereocenters. The summed E-state index contributed by atoms with van der Waals surface area (Å²) in [5.41, 5.74) is 0.307. The minimum absolute atomic E-state index is 0.512. The van der Waals surface area contributed by atoms with Crippen LogP contribution in [0.1, 0.15) is 31.2 Å². The largest absolute Gasteiger partial charge is 0.385 e. The van der Waals surface area contributed by atoms with Crippen molar-refractivity contribution in [2.24, 2.45) is 5.92 Å². The molecule has 1 fully saturated rings. The average molecular weight is 225 g/mol. The molecular formula is C13H17ClO. The van der Waals surface area contributed by atoms with E-state index in [9.17, 15) is 5.11 Å². The van der Waals surface area contributed by atoms with E-state index in [0.29, 0.717) is 18.2 Å². The Kier molecular flexibility index (Phi) is 3.32. The van der Waals surface area contributed by atoms with Crippen LogP contribution < -0.4 is 0 Å². The van der Waals surface area contributed by atoms with Crippen LogP contribution in [0.2, 0.25) is 0 Å². The third-order valence-corrected chi connectivity index (χ3v) is 3.33. The van der Waals surface area contributed by atoms with Gasteiger partial charge in [-0.15, -0.1) is 11.6 Å². The smallest absolute Gasteiger partial charge is 0.0910 e. The second-order valence-electron chi connectivity index (χ2n) is 4.48. The summed E-state index contributed by atoms with van der Waals surface area (Å²) in [6.45, 7) is 0. The van der Waals surface area contributed by atoms with Gasteiger partial charge in [-0.3, -0.25) is 0 Å². The summed E-state index contributed by atoms with van der Waals surface area (Å²) in [7, 11) is 0. The molecule has 0 spiro atoms. The molecule has 0 aromatic heterocycles. The number of rotatable bonds is 5. The first kappa shape index (κ1) is 11.0. The second-order valence-corrected chi connectivity index (χ2v) is 4.86.